The lowest BCUT2D eigenvalue weighted by molar-refractivity contribution is 0.0694. The van der Waals surface area contributed by atoms with Crippen molar-refractivity contribution in [1.82, 2.24) is 28.9 Å². The molecular weight excluding hydrogens is 831 g/mol. The lowest BCUT2D eigenvalue weighted by Gasteiger charge is -2.41. The highest BCUT2D eigenvalue weighted by Crippen LogP contribution is 2.26. The summed E-state index contributed by atoms with van der Waals surface area (Å²) in [5.41, 5.74) is 24.6. The van der Waals surface area contributed by atoms with Crippen LogP contribution in [0.1, 0.15) is 69.3 Å². The van der Waals surface area contributed by atoms with Gasteiger partial charge in [0.25, 0.3) is 0 Å². The molecule has 2 aliphatic heterocycles. The zero-order chi connectivity index (χ0) is 46.4. The van der Waals surface area contributed by atoms with Crippen LogP contribution < -0.4 is 43.6 Å². The number of aliphatic imine (C=N–C) groups is 4. The number of hydrogen-bond donors (Lipinski definition) is 5. The summed E-state index contributed by atoms with van der Waals surface area (Å²) in [6.07, 6.45) is 6.26. The van der Waals surface area contributed by atoms with E-state index in [0.717, 1.165) is 31.7 Å². The van der Waals surface area contributed by atoms with Crippen LogP contribution in [0.5, 0.6) is 0 Å². The van der Waals surface area contributed by atoms with Gasteiger partial charge in [-0.2, -0.15) is 9.98 Å². The Morgan fingerprint density at radius 2 is 1.16 bits per heavy atom. The van der Waals surface area contributed by atoms with E-state index in [1.165, 1.54) is 16.8 Å². The summed E-state index contributed by atoms with van der Waals surface area (Å²) >= 11 is 0. The fourth-order valence-electron chi connectivity index (χ4n) is 8.16. The Kier molecular flexibility index (Phi) is 14.6. The van der Waals surface area contributed by atoms with Crippen LogP contribution in [0.25, 0.3) is 22.1 Å². The number of carboxylic acid groups (broad SMARTS) is 1. The van der Waals surface area contributed by atoms with Crippen LogP contribution in [0.15, 0.2) is 54.1 Å². The Morgan fingerprint density at radius 1 is 0.719 bits per heavy atom. The number of fused-ring (bicyclic) bond motifs is 2. The molecule has 9 N–H and O–H groups in total. The van der Waals surface area contributed by atoms with Gasteiger partial charge >= 0.3 is 5.97 Å². The van der Waals surface area contributed by atoms with E-state index in [1.54, 1.807) is 24.9 Å². The summed E-state index contributed by atoms with van der Waals surface area (Å²) in [5.74, 6) is -1.87. The summed E-state index contributed by atoms with van der Waals surface area (Å²) in [6, 6.07) is 2.00. The molecule has 0 radical (unpaired) electrons. The molecule has 4 aromatic heterocycles. The third-order valence-electron chi connectivity index (χ3n) is 11.6. The molecular formula is C42H58F2N16O4. The number of anilines is 2. The van der Waals surface area contributed by atoms with E-state index >= 15 is 8.78 Å². The number of unbranched alkanes of at least 4 members (excludes halogenated alkanes) is 3. The first kappa shape index (κ1) is 46.6. The van der Waals surface area contributed by atoms with Crippen LogP contribution >= 0.6 is 0 Å². The molecule has 0 amide bonds. The smallest absolute Gasteiger partial charge is 0.341 e. The van der Waals surface area contributed by atoms with Crippen molar-refractivity contribution >= 4 is 63.5 Å². The van der Waals surface area contributed by atoms with Crippen molar-refractivity contribution in [2.24, 2.45) is 42.9 Å². The third kappa shape index (κ3) is 10.2. The highest BCUT2D eigenvalue weighted by atomic mass is 19.1. The van der Waals surface area contributed by atoms with Crippen molar-refractivity contribution in [3.8, 4) is 0 Å². The predicted octanol–water partition coefficient (Wildman–Crippen LogP) is 1.97. The number of aromatic carboxylic acids is 1. The molecule has 2 unspecified atom stereocenters. The molecule has 344 valence electrons. The number of pyridine rings is 4. The second-order valence-electron chi connectivity index (χ2n) is 16.0. The van der Waals surface area contributed by atoms with Crippen molar-refractivity contribution in [2.75, 3.05) is 62.2 Å². The maximum absolute atomic E-state index is 15.4. The van der Waals surface area contributed by atoms with Gasteiger partial charge in [0.1, 0.15) is 16.9 Å². The SMILES string of the molecule is CCn1cc(C)c(=O)c2cc(F)c(N3CCN(C(N)=NC(N)=NCCCCCCN=C(N)N=C(N)N4CCN(c5nc6c(cc5F)c(=O)c(C(=O)O)cn6CC)CC4C)C(C)C3)nc21. The number of aromatic nitrogens is 4. The van der Waals surface area contributed by atoms with Crippen LogP contribution in [0.3, 0.4) is 0 Å². The van der Waals surface area contributed by atoms with Gasteiger partial charge in [0.05, 0.1) is 10.8 Å². The number of rotatable bonds is 12. The average Bonchev–Trinajstić information content (AvgIpc) is 3.25. The van der Waals surface area contributed by atoms with Crippen LogP contribution in [-0.2, 0) is 13.1 Å². The zero-order valence-corrected chi connectivity index (χ0v) is 37.0. The van der Waals surface area contributed by atoms with Crippen molar-refractivity contribution in [1.29, 1.82) is 0 Å². The summed E-state index contributed by atoms with van der Waals surface area (Å²) in [6.45, 7) is 13.6. The Labute approximate surface area is 368 Å². The standard InChI is InChI=1S/C42H58F2N16O4/c1-6-55-20-24(3)32(61)27-18-30(43)36(51-34(27)55)57-14-16-59(25(4)21-57)41(47)53-39(45)49-12-10-8-9-11-13-50-40(46)54-42(48)60-17-15-58(22-26(60)5)37-31(44)19-28-33(62)29(38(63)64)23-56(7-2)35(28)52-37/h18-20,23,25-26H,6-17,21-22H2,1-5H3,(H,63,64)(H4,45,47,49,53)(H4,46,48,50,54). The Morgan fingerprint density at radius 3 is 1.58 bits per heavy atom. The van der Waals surface area contributed by atoms with Gasteiger partial charge in [-0.1, -0.05) is 12.8 Å². The number of nitrogens with two attached hydrogens (primary N) is 4. The summed E-state index contributed by atoms with van der Waals surface area (Å²) < 4.78 is 34.1. The monoisotopic (exact) mass is 888 g/mol. The highest BCUT2D eigenvalue weighted by molar-refractivity contribution is 5.94. The highest BCUT2D eigenvalue weighted by Gasteiger charge is 2.30. The number of hydrogen-bond acceptors (Lipinski definition) is 9. The van der Waals surface area contributed by atoms with Gasteiger partial charge in [-0.3, -0.25) is 19.6 Å². The summed E-state index contributed by atoms with van der Waals surface area (Å²) in [7, 11) is 0. The fourth-order valence-corrected chi connectivity index (χ4v) is 8.16. The second-order valence-corrected chi connectivity index (χ2v) is 16.0. The van der Waals surface area contributed by atoms with Gasteiger partial charge in [0.2, 0.25) is 17.3 Å². The van der Waals surface area contributed by atoms with E-state index in [1.807, 2.05) is 40.0 Å². The molecule has 20 nitrogen and oxygen atoms in total. The molecule has 2 fully saturated rings. The molecule has 0 bridgehead atoms. The zero-order valence-electron chi connectivity index (χ0n) is 37.0. The van der Waals surface area contributed by atoms with Gasteiger partial charge < -0.3 is 56.8 Å². The molecule has 2 saturated heterocycles. The molecule has 0 aliphatic carbocycles. The van der Waals surface area contributed by atoms with Gasteiger partial charge in [0, 0.05) is 95.5 Å². The van der Waals surface area contributed by atoms with Crippen molar-refractivity contribution in [3.05, 3.63) is 67.7 Å². The maximum atomic E-state index is 15.4. The lowest BCUT2D eigenvalue weighted by Crippen LogP contribution is -2.56. The maximum Gasteiger partial charge on any atom is 0.341 e. The molecule has 0 saturated carbocycles. The average molecular weight is 889 g/mol. The molecule has 2 aliphatic rings. The minimum Gasteiger partial charge on any atom is -0.477 e. The fraction of sp³-hybridized carbons (Fsp3) is 0.500. The van der Waals surface area contributed by atoms with Gasteiger partial charge in [-0.15, -0.1) is 0 Å². The lowest BCUT2D eigenvalue weighted by atomic mass is 10.1. The van der Waals surface area contributed by atoms with Crippen LogP contribution in [0.4, 0.5) is 20.4 Å². The van der Waals surface area contributed by atoms with Crippen molar-refractivity contribution in [2.45, 2.75) is 85.5 Å². The van der Waals surface area contributed by atoms with Crippen LogP contribution in [-0.4, -0.2) is 128 Å². The number of halogens is 2. The number of aryl methyl sites for hydroxylation is 3. The van der Waals surface area contributed by atoms with E-state index in [-0.39, 0.29) is 69.4 Å². The van der Waals surface area contributed by atoms with Gasteiger partial charge in [0.15, 0.2) is 40.6 Å². The van der Waals surface area contributed by atoms with Gasteiger partial charge in [-0.25, -0.2) is 23.5 Å². The minimum atomic E-state index is -1.39. The summed E-state index contributed by atoms with van der Waals surface area (Å²) in [5, 5.41) is 9.60. The molecule has 2 atom stereocenters. The molecule has 64 heavy (non-hydrogen) atoms. The van der Waals surface area contributed by atoms with E-state index in [4.69, 9.17) is 22.9 Å². The Bertz CT molecular complexity index is 2640. The number of carbonyl (C=O) groups is 1. The molecule has 0 spiro atoms. The van der Waals surface area contributed by atoms with Gasteiger partial charge in [-0.05, 0) is 59.6 Å². The first-order valence-corrected chi connectivity index (χ1v) is 21.5. The topological polar surface area (TPSA) is 274 Å². The van der Waals surface area contributed by atoms with Crippen LogP contribution in [0.2, 0.25) is 0 Å². The summed E-state index contributed by atoms with van der Waals surface area (Å²) in [4.78, 5) is 70.8. The molecule has 0 aromatic carbocycles. The van der Waals surface area contributed by atoms with E-state index in [9.17, 15) is 19.5 Å². The molecule has 4 aromatic rings. The molecule has 22 heteroatoms. The molecule has 6 rings (SSSR count). The van der Waals surface area contributed by atoms with Crippen molar-refractivity contribution in [3.63, 3.8) is 0 Å². The second kappa shape index (κ2) is 20.1. The van der Waals surface area contributed by atoms with Crippen LogP contribution in [0, 0.1) is 18.6 Å². The largest absolute Gasteiger partial charge is 0.477 e. The van der Waals surface area contributed by atoms with E-state index < -0.39 is 28.6 Å². The first-order chi connectivity index (χ1) is 30.5. The third-order valence-corrected chi connectivity index (χ3v) is 11.6. The number of carboxylic acids is 1. The minimum absolute atomic E-state index is 0.0485. The predicted molar refractivity (Wildman–Crippen MR) is 246 cm³/mol. The normalized spacial score (nSPS) is 18.2. The Hall–Kier alpha value is -6.87. The number of nitrogens with zero attached hydrogens (tertiary/aromatic N) is 12. The van der Waals surface area contributed by atoms with E-state index in [0.29, 0.717) is 76.7 Å². The number of guanidine groups is 4. The quantitative estimate of drug-likeness (QED) is 0.0774. The molecule has 6 heterocycles. The first-order valence-electron chi connectivity index (χ1n) is 21.5. The Balaban J connectivity index is 0.927. The van der Waals surface area contributed by atoms with Crippen molar-refractivity contribution < 1.29 is 18.7 Å². The number of piperazine rings is 2. The van der Waals surface area contributed by atoms with E-state index in [2.05, 4.69) is 29.9 Å².